The smallest absolute Gasteiger partial charge is 0.162 e. The number of hydrogen-bond donors (Lipinski definition) is 1. The van der Waals surface area contributed by atoms with Gasteiger partial charge in [-0.15, -0.1) is 0 Å². The van der Waals surface area contributed by atoms with Crippen molar-refractivity contribution < 1.29 is 9.84 Å². The quantitative estimate of drug-likeness (QED) is 0.863. The highest BCUT2D eigenvalue weighted by Gasteiger charge is 2.20. The van der Waals surface area contributed by atoms with Crippen molar-refractivity contribution in [3.63, 3.8) is 0 Å². The first-order chi connectivity index (χ1) is 9.26. The number of ether oxygens (including phenoxy) is 1. The lowest BCUT2D eigenvalue weighted by Gasteiger charge is -2.14. The fourth-order valence-corrected chi connectivity index (χ4v) is 2.07. The summed E-state index contributed by atoms with van der Waals surface area (Å²) in [5.74, 6) is 0.622. The summed E-state index contributed by atoms with van der Waals surface area (Å²) < 4.78 is 7.07. The van der Waals surface area contributed by atoms with Gasteiger partial charge in [0.25, 0.3) is 0 Å². The van der Waals surface area contributed by atoms with Gasteiger partial charge >= 0.3 is 0 Å². The van der Waals surface area contributed by atoms with Crippen molar-refractivity contribution in [2.24, 2.45) is 0 Å². The second-order valence-corrected chi connectivity index (χ2v) is 4.36. The predicted molar refractivity (Wildman–Crippen MR) is 72.0 cm³/mol. The first-order valence-electron chi connectivity index (χ1n) is 6.44. The Morgan fingerprint density at radius 1 is 1.42 bits per heavy atom. The van der Waals surface area contributed by atoms with E-state index < -0.39 is 6.10 Å². The second kappa shape index (κ2) is 6.33. The maximum absolute atomic E-state index is 10.4. The van der Waals surface area contributed by atoms with Gasteiger partial charge in [0.2, 0.25) is 0 Å². The Morgan fingerprint density at radius 3 is 2.89 bits per heavy atom. The van der Waals surface area contributed by atoms with E-state index in [2.05, 4.69) is 17.0 Å². The second-order valence-electron chi connectivity index (χ2n) is 4.36. The molecule has 0 saturated heterocycles. The standard InChI is InChI=1S/C14H19N3O2/c1-3-8-17-14(13(19-2)10-16-17)12(18)9-11-6-4-5-7-15-11/h4-7,10,12,18H,3,8-9H2,1-2H3. The maximum atomic E-state index is 10.4. The van der Waals surface area contributed by atoms with Crippen LogP contribution >= 0.6 is 0 Å². The van der Waals surface area contributed by atoms with E-state index in [1.165, 1.54) is 0 Å². The van der Waals surface area contributed by atoms with Gasteiger partial charge in [0.05, 0.1) is 13.3 Å². The van der Waals surface area contributed by atoms with E-state index in [1.807, 2.05) is 18.2 Å². The molecule has 19 heavy (non-hydrogen) atoms. The summed E-state index contributed by atoms with van der Waals surface area (Å²) >= 11 is 0. The van der Waals surface area contributed by atoms with Crippen LogP contribution in [0.4, 0.5) is 0 Å². The van der Waals surface area contributed by atoms with Gasteiger partial charge in [-0.25, -0.2) is 0 Å². The summed E-state index contributed by atoms with van der Waals surface area (Å²) in [6, 6.07) is 5.67. The largest absolute Gasteiger partial charge is 0.493 e. The molecule has 2 aromatic rings. The normalized spacial score (nSPS) is 12.4. The summed E-state index contributed by atoms with van der Waals surface area (Å²) in [7, 11) is 1.59. The Kier molecular flexibility index (Phi) is 4.52. The zero-order chi connectivity index (χ0) is 13.7. The number of aryl methyl sites for hydroxylation is 1. The molecule has 0 saturated carbocycles. The summed E-state index contributed by atoms with van der Waals surface area (Å²) in [4.78, 5) is 4.23. The van der Waals surface area contributed by atoms with Gasteiger partial charge < -0.3 is 9.84 Å². The van der Waals surface area contributed by atoms with Gasteiger partial charge in [-0.05, 0) is 18.6 Å². The van der Waals surface area contributed by atoms with Crippen molar-refractivity contribution >= 4 is 0 Å². The molecule has 0 radical (unpaired) electrons. The fraction of sp³-hybridized carbons (Fsp3) is 0.429. The molecule has 0 amide bonds. The summed E-state index contributed by atoms with van der Waals surface area (Å²) in [6.07, 6.45) is 4.11. The van der Waals surface area contributed by atoms with Gasteiger partial charge in [0.15, 0.2) is 5.75 Å². The Hall–Kier alpha value is -1.88. The van der Waals surface area contributed by atoms with Gasteiger partial charge in [0.1, 0.15) is 11.8 Å². The third kappa shape index (κ3) is 3.12. The van der Waals surface area contributed by atoms with Crippen LogP contribution in [0, 0.1) is 0 Å². The van der Waals surface area contributed by atoms with Crippen LogP contribution in [0.3, 0.4) is 0 Å². The van der Waals surface area contributed by atoms with Gasteiger partial charge in [0, 0.05) is 24.9 Å². The Balaban J connectivity index is 2.22. The Morgan fingerprint density at radius 2 is 2.26 bits per heavy atom. The van der Waals surface area contributed by atoms with Crippen molar-refractivity contribution in [3.05, 3.63) is 42.0 Å². The molecule has 2 heterocycles. The molecule has 0 fully saturated rings. The number of hydrogen-bond acceptors (Lipinski definition) is 4. The minimum absolute atomic E-state index is 0.451. The highest BCUT2D eigenvalue weighted by molar-refractivity contribution is 5.28. The van der Waals surface area contributed by atoms with Crippen LogP contribution in [0.5, 0.6) is 5.75 Å². The van der Waals surface area contributed by atoms with Crippen LogP contribution in [0.1, 0.15) is 30.8 Å². The third-order valence-corrected chi connectivity index (χ3v) is 2.94. The average Bonchev–Trinajstić information content (AvgIpc) is 2.83. The van der Waals surface area contributed by atoms with Crippen LogP contribution in [0.15, 0.2) is 30.6 Å². The van der Waals surface area contributed by atoms with Crippen LogP contribution in [-0.4, -0.2) is 27.0 Å². The zero-order valence-electron chi connectivity index (χ0n) is 11.3. The molecule has 2 aromatic heterocycles. The molecule has 0 aliphatic rings. The molecular weight excluding hydrogens is 242 g/mol. The lowest BCUT2D eigenvalue weighted by molar-refractivity contribution is 0.161. The fourth-order valence-electron chi connectivity index (χ4n) is 2.07. The number of aromatic nitrogens is 3. The van der Waals surface area contributed by atoms with Crippen molar-refractivity contribution in [1.29, 1.82) is 0 Å². The molecular formula is C14H19N3O2. The summed E-state index contributed by atoms with van der Waals surface area (Å²) in [5.41, 5.74) is 1.57. The Labute approximate surface area is 112 Å². The lowest BCUT2D eigenvalue weighted by atomic mass is 10.1. The third-order valence-electron chi connectivity index (χ3n) is 2.94. The van der Waals surface area contributed by atoms with E-state index >= 15 is 0 Å². The molecule has 1 atom stereocenters. The zero-order valence-corrected chi connectivity index (χ0v) is 11.3. The minimum atomic E-state index is -0.668. The average molecular weight is 261 g/mol. The molecule has 0 spiro atoms. The molecule has 102 valence electrons. The van der Waals surface area contributed by atoms with Crippen molar-refractivity contribution in [2.45, 2.75) is 32.4 Å². The van der Waals surface area contributed by atoms with E-state index in [9.17, 15) is 5.11 Å². The van der Waals surface area contributed by atoms with Gasteiger partial charge in [-0.1, -0.05) is 13.0 Å². The number of methoxy groups -OCH3 is 1. The number of pyridine rings is 1. The van der Waals surface area contributed by atoms with Gasteiger partial charge in [-0.3, -0.25) is 9.67 Å². The van der Waals surface area contributed by atoms with Crippen molar-refractivity contribution in [3.8, 4) is 5.75 Å². The maximum Gasteiger partial charge on any atom is 0.162 e. The molecule has 1 unspecified atom stereocenters. The number of aliphatic hydroxyl groups excluding tert-OH is 1. The first kappa shape index (κ1) is 13.5. The highest BCUT2D eigenvalue weighted by atomic mass is 16.5. The predicted octanol–water partition coefficient (Wildman–Crippen LogP) is 1.97. The number of nitrogens with zero attached hydrogens (tertiary/aromatic N) is 3. The van der Waals surface area contributed by atoms with Gasteiger partial charge in [-0.2, -0.15) is 5.10 Å². The summed E-state index contributed by atoms with van der Waals surface area (Å²) in [5, 5.41) is 14.7. The van der Waals surface area contributed by atoms with Crippen LogP contribution in [-0.2, 0) is 13.0 Å². The molecule has 0 aromatic carbocycles. The molecule has 0 aliphatic heterocycles. The van der Waals surface area contributed by atoms with Crippen molar-refractivity contribution in [1.82, 2.24) is 14.8 Å². The van der Waals surface area contributed by atoms with E-state index in [-0.39, 0.29) is 0 Å². The molecule has 0 aliphatic carbocycles. The SMILES string of the molecule is CCCn1ncc(OC)c1C(O)Cc1ccccn1. The van der Waals surface area contributed by atoms with Crippen LogP contribution in [0.25, 0.3) is 0 Å². The van der Waals surface area contributed by atoms with Crippen molar-refractivity contribution in [2.75, 3.05) is 7.11 Å². The molecule has 1 N–H and O–H groups in total. The lowest BCUT2D eigenvalue weighted by Crippen LogP contribution is -2.12. The number of rotatable bonds is 6. The van der Waals surface area contributed by atoms with E-state index in [1.54, 1.807) is 24.2 Å². The van der Waals surface area contributed by atoms with E-state index in [0.29, 0.717) is 12.2 Å². The Bertz CT molecular complexity index is 511. The molecule has 0 bridgehead atoms. The molecule has 2 rings (SSSR count). The molecule has 5 nitrogen and oxygen atoms in total. The number of aliphatic hydroxyl groups is 1. The highest BCUT2D eigenvalue weighted by Crippen LogP contribution is 2.27. The van der Waals surface area contributed by atoms with Crippen LogP contribution < -0.4 is 4.74 Å². The topological polar surface area (TPSA) is 60.2 Å². The van der Waals surface area contributed by atoms with E-state index in [4.69, 9.17) is 4.74 Å². The minimum Gasteiger partial charge on any atom is -0.493 e. The molecule has 5 heteroatoms. The van der Waals surface area contributed by atoms with Crippen LogP contribution in [0.2, 0.25) is 0 Å². The first-order valence-corrected chi connectivity index (χ1v) is 6.44. The summed E-state index contributed by atoms with van der Waals surface area (Å²) in [6.45, 7) is 2.83. The van der Waals surface area contributed by atoms with E-state index in [0.717, 1.165) is 24.4 Å². The monoisotopic (exact) mass is 261 g/mol.